The average Bonchev–Trinajstić information content (AvgIpc) is 2.15. The number of hydrogen-bond acceptors (Lipinski definition) is 6. The normalized spacial score (nSPS) is 9.73. The summed E-state index contributed by atoms with van der Waals surface area (Å²) in [4.78, 5) is 20.7. The number of aliphatic hydroxyl groups is 2. The highest BCUT2D eigenvalue weighted by molar-refractivity contribution is 4.44. The first-order chi connectivity index (χ1) is 7.02. The highest BCUT2D eigenvalue weighted by atomic mass is 16.7. The lowest BCUT2D eigenvalue weighted by Crippen LogP contribution is -2.46. The van der Waals surface area contributed by atoms with E-state index < -0.39 is 29.9 Å². The third-order valence-electron chi connectivity index (χ3n) is 1.50. The molecular weight excluding hydrogens is 212 g/mol. The van der Waals surface area contributed by atoms with Gasteiger partial charge in [0.2, 0.25) is 6.67 Å². The number of hydrogen-bond donors (Lipinski definition) is 2. The zero-order valence-electron chi connectivity index (χ0n) is 7.85. The first-order valence-electron chi connectivity index (χ1n) is 4.03. The summed E-state index contributed by atoms with van der Waals surface area (Å²) >= 11 is 0. The fourth-order valence-electron chi connectivity index (χ4n) is 0.827. The summed E-state index contributed by atoms with van der Waals surface area (Å²) in [6.45, 7) is -2.19. The van der Waals surface area contributed by atoms with Crippen molar-refractivity contribution in [1.82, 2.24) is 10.0 Å². The van der Waals surface area contributed by atoms with Gasteiger partial charge in [-0.15, -0.1) is 10.0 Å². The van der Waals surface area contributed by atoms with Crippen molar-refractivity contribution in [1.29, 1.82) is 0 Å². The lowest BCUT2D eigenvalue weighted by Gasteiger charge is -2.17. The van der Waals surface area contributed by atoms with Crippen LogP contribution in [0.5, 0.6) is 0 Å². The number of nitro groups is 2. The molecule has 0 heterocycles. The van der Waals surface area contributed by atoms with Crippen LogP contribution in [0.25, 0.3) is 0 Å². The van der Waals surface area contributed by atoms with Gasteiger partial charge in [-0.05, 0) is 0 Å². The van der Waals surface area contributed by atoms with Crippen LogP contribution in [0, 0.1) is 20.2 Å². The zero-order valence-corrected chi connectivity index (χ0v) is 7.85. The monoisotopic (exact) mass is 224 g/mol. The van der Waals surface area contributed by atoms with Gasteiger partial charge in [0.15, 0.2) is 10.1 Å². The molecule has 0 amide bonds. The molecule has 0 aliphatic carbocycles. The molecule has 10 heteroatoms. The topological polar surface area (TPSA) is 133 Å². The molecule has 0 aromatic carbocycles. The summed E-state index contributed by atoms with van der Waals surface area (Å²) in [7, 11) is 0. The zero-order chi connectivity index (χ0) is 11.8. The molecule has 0 saturated carbocycles. The van der Waals surface area contributed by atoms with Crippen LogP contribution >= 0.6 is 0 Å². The van der Waals surface area contributed by atoms with Gasteiger partial charge in [-0.3, -0.25) is 0 Å². The summed E-state index contributed by atoms with van der Waals surface area (Å²) in [6, 6.07) is 0. The lowest BCUT2D eigenvalue weighted by atomic mass is 10.6. The molecule has 0 atom stereocenters. The van der Waals surface area contributed by atoms with Crippen molar-refractivity contribution >= 4 is 0 Å². The molecule has 15 heavy (non-hydrogen) atoms. The highest BCUT2D eigenvalue weighted by Gasteiger charge is 2.23. The first-order valence-corrected chi connectivity index (χ1v) is 4.03. The Balaban J connectivity index is 4.32. The van der Waals surface area contributed by atoms with Gasteiger partial charge in [-0.25, -0.2) is 20.2 Å². The molecule has 0 bridgehead atoms. The minimum atomic E-state index is -0.843. The van der Waals surface area contributed by atoms with Crippen LogP contribution in [-0.4, -0.2) is 63.3 Å². The fraction of sp³-hybridized carbons (Fsp3) is 1.00. The molecule has 10 nitrogen and oxygen atoms in total. The Morgan fingerprint density at radius 2 is 1.27 bits per heavy atom. The summed E-state index contributed by atoms with van der Waals surface area (Å²) in [5.41, 5.74) is 0. The molecule has 0 aliphatic heterocycles. The highest BCUT2D eigenvalue weighted by Crippen LogP contribution is 1.94. The van der Waals surface area contributed by atoms with Gasteiger partial charge >= 0.3 is 0 Å². The van der Waals surface area contributed by atoms with E-state index in [-0.39, 0.29) is 13.1 Å². The van der Waals surface area contributed by atoms with Crippen molar-refractivity contribution in [2.45, 2.75) is 0 Å². The van der Waals surface area contributed by atoms with E-state index >= 15 is 0 Å². The second-order valence-electron chi connectivity index (χ2n) is 2.52. The number of aliphatic hydroxyl groups excluding tert-OH is 2. The molecule has 0 rings (SSSR count). The van der Waals surface area contributed by atoms with Gasteiger partial charge < -0.3 is 10.2 Å². The second-order valence-corrected chi connectivity index (χ2v) is 2.52. The molecule has 0 unspecified atom stereocenters. The van der Waals surface area contributed by atoms with Crippen LogP contribution in [-0.2, 0) is 0 Å². The minimum Gasteiger partial charge on any atom is -0.394 e. The van der Waals surface area contributed by atoms with Crippen molar-refractivity contribution in [3.8, 4) is 0 Å². The molecule has 0 aliphatic rings. The first kappa shape index (κ1) is 13.3. The average molecular weight is 224 g/mol. The molecule has 88 valence electrons. The Labute approximate surface area is 84.6 Å². The van der Waals surface area contributed by atoms with E-state index in [9.17, 15) is 20.2 Å². The van der Waals surface area contributed by atoms with E-state index in [1.807, 2.05) is 0 Å². The third kappa shape index (κ3) is 4.93. The SMILES string of the molecule is O=[N+]([O-])N(CCO)CN(CCO)[N+](=O)[O-]. The molecule has 0 spiro atoms. The summed E-state index contributed by atoms with van der Waals surface area (Å²) in [6.07, 6.45) is 0. The van der Waals surface area contributed by atoms with Crippen LogP contribution in [0.2, 0.25) is 0 Å². The Morgan fingerprint density at radius 1 is 0.933 bits per heavy atom. The number of nitrogens with zero attached hydrogens (tertiary/aromatic N) is 4. The Bertz CT molecular complexity index is 202. The van der Waals surface area contributed by atoms with Gasteiger partial charge in [0.05, 0.1) is 13.2 Å². The van der Waals surface area contributed by atoms with E-state index in [4.69, 9.17) is 10.2 Å². The number of rotatable bonds is 8. The third-order valence-corrected chi connectivity index (χ3v) is 1.50. The van der Waals surface area contributed by atoms with E-state index in [1.54, 1.807) is 0 Å². The quantitative estimate of drug-likeness (QED) is 0.272. The summed E-state index contributed by atoms with van der Waals surface area (Å²) in [5, 5.41) is 37.0. The van der Waals surface area contributed by atoms with Gasteiger partial charge in [0.1, 0.15) is 13.1 Å². The van der Waals surface area contributed by atoms with E-state index in [0.29, 0.717) is 10.0 Å². The molecule has 0 aromatic rings. The van der Waals surface area contributed by atoms with Crippen molar-refractivity contribution in [3.63, 3.8) is 0 Å². The predicted molar refractivity (Wildman–Crippen MR) is 46.4 cm³/mol. The minimum absolute atomic E-state index is 0.317. The van der Waals surface area contributed by atoms with Crippen molar-refractivity contribution in [3.05, 3.63) is 20.2 Å². The standard InChI is InChI=1S/C5H12N4O6/c10-3-1-6(8(12)13)5-7(2-4-11)9(14)15/h10-11H,1-5H2. The van der Waals surface area contributed by atoms with Crippen LogP contribution in [0.4, 0.5) is 0 Å². The lowest BCUT2D eigenvalue weighted by molar-refractivity contribution is -0.711. The second kappa shape index (κ2) is 6.73. The predicted octanol–water partition coefficient (Wildman–Crippen LogP) is -2.08. The molecule has 0 aromatic heterocycles. The van der Waals surface area contributed by atoms with Crippen LogP contribution in [0.1, 0.15) is 0 Å². The van der Waals surface area contributed by atoms with Gasteiger partial charge in [0.25, 0.3) is 0 Å². The Hall–Kier alpha value is -1.68. The molecule has 0 radical (unpaired) electrons. The molecule has 0 fully saturated rings. The fourth-order valence-corrected chi connectivity index (χ4v) is 0.827. The van der Waals surface area contributed by atoms with Crippen molar-refractivity contribution in [2.24, 2.45) is 0 Å². The molecule has 0 saturated heterocycles. The maximum atomic E-state index is 10.4. The van der Waals surface area contributed by atoms with Crippen LogP contribution < -0.4 is 0 Å². The van der Waals surface area contributed by atoms with E-state index in [2.05, 4.69) is 0 Å². The van der Waals surface area contributed by atoms with Crippen molar-refractivity contribution < 1.29 is 20.3 Å². The van der Waals surface area contributed by atoms with Crippen LogP contribution in [0.3, 0.4) is 0 Å². The van der Waals surface area contributed by atoms with Crippen molar-refractivity contribution in [2.75, 3.05) is 33.0 Å². The molecule has 2 N–H and O–H groups in total. The van der Waals surface area contributed by atoms with E-state index in [1.165, 1.54) is 0 Å². The largest absolute Gasteiger partial charge is 0.394 e. The van der Waals surface area contributed by atoms with Gasteiger partial charge in [0, 0.05) is 0 Å². The number of hydrazine groups is 2. The maximum absolute atomic E-state index is 10.4. The summed E-state index contributed by atoms with van der Waals surface area (Å²) < 4.78 is 0. The Morgan fingerprint density at radius 3 is 1.47 bits per heavy atom. The van der Waals surface area contributed by atoms with Gasteiger partial charge in [-0.2, -0.15) is 0 Å². The van der Waals surface area contributed by atoms with Crippen LogP contribution in [0.15, 0.2) is 0 Å². The Kier molecular flexibility index (Phi) is 5.97. The smallest absolute Gasteiger partial charge is 0.207 e. The van der Waals surface area contributed by atoms with E-state index in [0.717, 1.165) is 0 Å². The molecular formula is C5H12N4O6. The summed E-state index contributed by atoms with van der Waals surface area (Å²) in [5.74, 6) is 0. The van der Waals surface area contributed by atoms with Gasteiger partial charge in [-0.1, -0.05) is 0 Å². The maximum Gasteiger partial charge on any atom is 0.207 e.